The van der Waals surface area contributed by atoms with E-state index in [-0.39, 0.29) is 5.91 Å². The van der Waals surface area contributed by atoms with Crippen molar-refractivity contribution < 1.29 is 4.79 Å². The van der Waals surface area contributed by atoms with Crippen molar-refractivity contribution in [3.63, 3.8) is 0 Å². The number of carbonyl (C=O) groups excluding carboxylic acids is 1. The molecule has 0 bridgehead atoms. The Balaban J connectivity index is 2.41. The predicted octanol–water partition coefficient (Wildman–Crippen LogP) is 2.98. The number of fused-ring (bicyclic) bond motifs is 1. The first-order valence-corrected chi connectivity index (χ1v) is 6.45. The number of rotatable bonds is 2. The lowest BCUT2D eigenvalue weighted by Gasteiger charge is -1.99. The second kappa shape index (κ2) is 4.20. The topological polar surface area (TPSA) is 42.0 Å². The highest BCUT2D eigenvalue weighted by atomic mass is 32.2. The molecule has 1 heterocycles. The summed E-state index contributed by atoms with van der Waals surface area (Å²) in [5.74, 6) is -0.0519. The van der Waals surface area contributed by atoms with Gasteiger partial charge in [-0.15, -0.1) is 11.3 Å². The van der Waals surface area contributed by atoms with Crippen LogP contribution in [0.25, 0.3) is 10.2 Å². The lowest BCUT2D eigenvalue weighted by molar-refractivity contribution is -0.114. The molecule has 0 aliphatic rings. The Hall–Kier alpha value is -1.07. The number of thioether (sulfide) groups is 1. The van der Waals surface area contributed by atoms with E-state index in [9.17, 15) is 4.79 Å². The van der Waals surface area contributed by atoms with Gasteiger partial charge in [-0.3, -0.25) is 4.79 Å². The van der Waals surface area contributed by atoms with Crippen molar-refractivity contribution in [3.05, 3.63) is 18.2 Å². The molecule has 0 fully saturated rings. The van der Waals surface area contributed by atoms with Gasteiger partial charge in [0.05, 0.1) is 10.2 Å². The lowest BCUT2D eigenvalue weighted by Crippen LogP contribution is -2.05. The molecule has 5 heteroatoms. The molecule has 0 saturated heterocycles. The first-order valence-electron chi connectivity index (χ1n) is 4.41. The fourth-order valence-corrected chi connectivity index (χ4v) is 2.80. The Morgan fingerprint density at radius 3 is 3.00 bits per heavy atom. The standard InChI is InChI=1S/C10H10N2OS2/c1-6(13)11-7-3-4-8-9(5-7)15-10(12-8)14-2/h3-5H,1-2H3,(H,11,13). The second-order valence-electron chi connectivity index (χ2n) is 3.05. The van der Waals surface area contributed by atoms with Gasteiger partial charge in [-0.25, -0.2) is 4.98 Å². The number of nitrogens with one attached hydrogen (secondary N) is 1. The fraction of sp³-hybridized carbons (Fsp3) is 0.200. The Bertz CT molecular complexity index is 507. The average Bonchev–Trinajstić information content (AvgIpc) is 2.58. The van der Waals surface area contributed by atoms with Crippen LogP contribution in [0.1, 0.15) is 6.92 Å². The molecule has 1 aromatic heterocycles. The Labute approximate surface area is 95.9 Å². The lowest BCUT2D eigenvalue weighted by atomic mass is 10.3. The number of hydrogen-bond acceptors (Lipinski definition) is 4. The number of aromatic nitrogens is 1. The van der Waals surface area contributed by atoms with Gasteiger partial charge in [0.1, 0.15) is 0 Å². The monoisotopic (exact) mass is 238 g/mol. The third-order valence-corrected chi connectivity index (χ3v) is 3.87. The second-order valence-corrected chi connectivity index (χ2v) is 5.13. The van der Waals surface area contributed by atoms with E-state index in [0.29, 0.717) is 0 Å². The van der Waals surface area contributed by atoms with E-state index in [0.717, 1.165) is 20.2 Å². The molecule has 0 atom stereocenters. The van der Waals surface area contributed by atoms with Crippen LogP contribution in [-0.2, 0) is 4.79 Å². The van der Waals surface area contributed by atoms with E-state index < -0.39 is 0 Å². The third-order valence-electron chi connectivity index (χ3n) is 1.86. The van der Waals surface area contributed by atoms with Gasteiger partial charge in [0, 0.05) is 12.6 Å². The summed E-state index contributed by atoms with van der Waals surface area (Å²) in [6, 6.07) is 5.75. The highest BCUT2D eigenvalue weighted by Crippen LogP contribution is 2.29. The largest absolute Gasteiger partial charge is 0.326 e. The van der Waals surface area contributed by atoms with Gasteiger partial charge in [0.2, 0.25) is 5.91 Å². The number of carbonyl (C=O) groups is 1. The van der Waals surface area contributed by atoms with E-state index >= 15 is 0 Å². The van der Waals surface area contributed by atoms with Crippen molar-refractivity contribution in [2.24, 2.45) is 0 Å². The molecule has 2 aromatic rings. The molecule has 0 aliphatic carbocycles. The molecule has 0 radical (unpaired) electrons. The minimum absolute atomic E-state index is 0.0519. The molecule has 1 amide bonds. The molecule has 3 nitrogen and oxygen atoms in total. The van der Waals surface area contributed by atoms with Crippen LogP contribution in [0, 0.1) is 0 Å². The normalized spacial score (nSPS) is 10.5. The van der Waals surface area contributed by atoms with Crippen LogP contribution in [0.2, 0.25) is 0 Å². The minimum Gasteiger partial charge on any atom is -0.326 e. The van der Waals surface area contributed by atoms with E-state index in [1.165, 1.54) is 6.92 Å². The van der Waals surface area contributed by atoms with Crippen molar-refractivity contribution in [1.82, 2.24) is 4.98 Å². The highest BCUT2D eigenvalue weighted by molar-refractivity contribution is 8.00. The van der Waals surface area contributed by atoms with Crippen molar-refractivity contribution in [2.75, 3.05) is 11.6 Å². The molecular weight excluding hydrogens is 228 g/mol. The summed E-state index contributed by atoms with van der Waals surface area (Å²) in [7, 11) is 0. The van der Waals surface area contributed by atoms with Crippen LogP contribution in [0.4, 0.5) is 5.69 Å². The van der Waals surface area contributed by atoms with E-state index in [2.05, 4.69) is 10.3 Å². The first kappa shape index (κ1) is 10.4. The van der Waals surface area contributed by atoms with Gasteiger partial charge in [0.15, 0.2) is 4.34 Å². The molecule has 0 saturated carbocycles. The summed E-state index contributed by atoms with van der Waals surface area (Å²) < 4.78 is 2.15. The zero-order chi connectivity index (χ0) is 10.8. The predicted molar refractivity (Wildman–Crippen MR) is 65.7 cm³/mol. The van der Waals surface area contributed by atoms with Gasteiger partial charge >= 0.3 is 0 Å². The SMILES string of the molecule is CSc1nc2ccc(NC(C)=O)cc2s1. The maximum atomic E-state index is 10.9. The van der Waals surface area contributed by atoms with Gasteiger partial charge in [-0.05, 0) is 24.5 Å². The molecule has 1 N–H and O–H groups in total. The smallest absolute Gasteiger partial charge is 0.221 e. The van der Waals surface area contributed by atoms with Crippen molar-refractivity contribution in [2.45, 2.75) is 11.3 Å². The maximum Gasteiger partial charge on any atom is 0.221 e. The zero-order valence-electron chi connectivity index (χ0n) is 8.40. The van der Waals surface area contributed by atoms with Crippen molar-refractivity contribution in [3.8, 4) is 0 Å². The molecule has 1 aromatic carbocycles. The van der Waals surface area contributed by atoms with E-state index in [1.54, 1.807) is 23.1 Å². The fourth-order valence-electron chi connectivity index (χ4n) is 1.27. The maximum absolute atomic E-state index is 10.9. The molecule has 15 heavy (non-hydrogen) atoms. The summed E-state index contributed by atoms with van der Waals surface area (Å²) in [6.45, 7) is 1.50. The molecule has 2 rings (SSSR count). The van der Waals surface area contributed by atoms with Gasteiger partial charge in [0.25, 0.3) is 0 Å². The Kier molecular flexibility index (Phi) is 2.93. The quantitative estimate of drug-likeness (QED) is 0.818. The van der Waals surface area contributed by atoms with Crippen LogP contribution in [0.3, 0.4) is 0 Å². The molecule has 0 aliphatic heterocycles. The number of anilines is 1. The van der Waals surface area contributed by atoms with Crippen LogP contribution >= 0.6 is 23.1 Å². The Morgan fingerprint density at radius 1 is 1.53 bits per heavy atom. The average molecular weight is 238 g/mol. The molecular formula is C10H10N2OS2. The summed E-state index contributed by atoms with van der Waals surface area (Å²) in [5.41, 5.74) is 1.81. The summed E-state index contributed by atoms with van der Waals surface area (Å²) >= 11 is 3.27. The van der Waals surface area contributed by atoms with Crippen LogP contribution in [0.5, 0.6) is 0 Å². The van der Waals surface area contributed by atoms with Crippen LogP contribution in [-0.4, -0.2) is 17.1 Å². The molecule has 0 spiro atoms. The Morgan fingerprint density at radius 2 is 2.33 bits per heavy atom. The number of amides is 1. The summed E-state index contributed by atoms with van der Waals surface area (Å²) in [5, 5.41) is 2.76. The number of hydrogen-bond donors (Lipinski definition) is 1. The van der Waals surface area contributed by atoms with Gasteiger partial charge in [-0.1, -0.05) is 11.8 Å². The summed E-state index contributed by atoms with van der Waals surface area (Å²) in [6.07, 6.45) is 2.01. The van der Waals surface area contributed by atoms with Gasteiger partial charge < -0.3 is 5.32 Å². The highest BCUT2D eigenvalue weighted by Gasteiger charge is 2.04. The number of benzene rings is 1. The van der Waals surface area contributed by atoms with Crippen molar-refractivity contribution in [1.29, 1.82) is 0 Å². The van der Waals surface area contributed by atoms with Crippen LogP contribution in [0.15, 0.2) is 22.5 Å². The van der Waals surface area contributed by atoms with E-state index in [4.69, 9.17) is 0 Å². The zero-order valence-corrected chi connectivity index (χ0v) is 10.0. The van der Waals surface area contributed by atoms with Crippen molar-refractivity contribution >= 4 is 44.9 Å². The van der Waals surface area contributed by atoms with E-state index in [1.807, 2.05) is 24.5 Å². The number of thiazole rings is 1. The third kappa shape index (κ3) is 2.30. The number of nitrogens with zero attached hydrogens (tertiary/aromatic N) is 1. The summed E-state index contributed by atoms with van der Waals surface area (Å²) in [4.78, 5) is 15.3. The van der Waals surface area contributed by atoms with Crippen LogP contribution < -0.4 is 5.32 Å². The minimum atomic E-state index is -0.0519. The first-order chi connectivity index (χ1) is 7.19. The molecule has 78 valence electrons. The van der Waals surface area contributed by atoms with Gasteiger partial charge in [-0.2, -0.15) is 0 Å². The molecule has 0 unspecified atom stereocenters.